The molecule has 1 unspecified atom stereocenters. The first-order chi connectivity index (χ1) is 11.8. The zero-order valence-corrected chi connectivity index (χ0v) is 13.9. The van der Waals surface area contributed by atoms with Crippen LogP contribution in [0.3, 0.4) is 0 Å². The molecule has 5 rings (SSSR count). The number of piperidine rings is 1. The van der Waals surface area contributed by atoms with Crippen molar-refractivity contribution in [3.05, 3.63) is 48.8 Å². The summed E-state index contributed by atoms with van der Waals surface area (Å²) in [6.45, 7) is 4.82. The molecule has 1 spiro atoms. The van der Waals surface area contributed by atoms with Crippen molar-refractivity contribution in [2.75, 3.05) is 26.2 Å². The second kappa shape index (κ2) is 5.30. The van der Waals surface area contributed by atoms with Gasteiger partial charge in [-0.25, -0.2) is 0 Å². The summed E-state index contributed by atoms with van der Waals surface area (Å²) in [6.07, 6.45) is 7.90. The first-order valence-electron chi connectivity index (χ1n) is 9.09. The van der Waals surface area contributed by atoms with Crippen LogP contribution in [0.5, 0.6) is 11.5 Å². The van der Waals surface area contributed by atoms with E-state index in [9.17, 15) is 0 Å². The minimum absolute atomic E-state index is 0.396. The van der Waals surface area contributed by atoms with Crippen LogP contribution < -0.4 is 14.5 Å². The summed E-state index contributed by atoms with van der Waals surface area (Å²) in [7, 11) is 0. The zero-order valence-electron chi connectivity index (χ0n) is 13.9. The van der Waals surface area contributed by atoms with Gasteiger partial charge in [-0.15, -0.1) is 0 Å². The number of benzene rings is 1. The van der Waals surface area contributed by atoms with E-state index in [0.717, 1.165) is 35.0 Å². The van der Waals surface area contributed by atoms with Gasteiger partial charge in [-0.05, 0) is 12.1 Å². The molecule has 24 heavy (non-hydrogen) atoms. The van der Waals surface area contributed by atoms with Crippen molar-refractivity contribution < 1.29 is 4.74 Å². The highest BCUT2D eigenvalue weighted by molar-refractivity contribution is 5.51. The lowest BCUT2D eigenvalue weighted by molar-refractivity contribution is 0.192. The van der Waals surface area contributed by atoms with Gasteiger partial charge in [0.05, 0.1) is 32.0 Å². The molecule has 4 heterocycles. The predicted octanol–water partition coefficient (Wildman–Crippen LogP) is 3.34. The fraction of sp³-hybridized carbons (Fsp3) is 0.450. The summed E-state index contributed by atoms with van der Waals surface area (Å²) in [6, 6.07) is 12.2. The van der Waals surface area contributed by atoms with Gasteiger partial charge in [0.1, 0.15) is 11.3 Å². The third kappa shape index (κ3) is 1.90. The summed E-state index contributed by atoms with van der Waals surface area (Å²) in [5.74, 6) is 2.59. The highest BCUT2D eigenvalue weighted by Gasteiger charge is 2.67. The van der Waals surface area contributed by atoms with Crippen molar-refractivity contribution >= 4 is 5.69 Å². The topological polar surface area (TPSA) is 34.1 Å². The summed E-state index contributed by atoms with van der Waals surface area (Å²) in [5.41, 5.74) is 1.74. The molecule has 1 aromatic carbocycles. The standard InChI is InChI=1S/C20H24N3O/c1-2-4-18(5-3-1)24-19-12-17(13-22-14-19)23-10-6-16(7-11-23)20(23)8-9-21-15-20/h1-5,12-14,16,21H,6-11,15H2/q+1. The van der Waals surface area contributed by atoms with Gasteiger partial charge < -0.3 is 10.1 Å². The number of ether oxygens (including phenoxy) is 1. The molecule has 3 fully saturated rings. The first kappa shape index (κ1) is 14.4. The Morgan fingerprint density at radius 2 is 1.92 bits per heavy atom. The van der Waals surface area contributed by atoms with E-state index >= 15 is 0 Å². The molecule has 1 N–H and O–H groups in total. The minimum Gasteiger partial charge on any atom is -0.456 e. The molecule has 1 atom stereocenters. The van der Waals surface area contributed by atoms with Gasteiger partial charge in [0.15, 0.2) is 11.4 Å². The Morgan fingerprint density at radius 3 is 2.67 bits per heavy atom. The van der Waals surface area contributed by atoms with E-state index in [1.165, 1.54) is 38.0 Å². The molecular weight excluding hydrogens is 298 g/mol. The molecular formula is C20H24N3O+. The fourth-order valence-corrected chi connectivity index (χ4v) is 5.59. The molecule has 3 aliphatic heterocycles. The van der Waals surface area contributed by atoms with Crippen LogP contribution in [0.15, 0.2) is 48.8 Å². The summed E-state index contributed by atoms with van der Waals surface area (Å²) < 4.78 is 7.16. The van der Waals surface area contributed by atoms with E-state index in [4.69, 9.17) is 4.74 Å². The van der Waals surface area contributed by atoms with Crippen molar-refractivity contribution in [1.82, 2.24) is 14.8 Å². The van der Waals surface area contributed by atoms with Crippen LogP contribution in [0.1, 0.15) is 19.3 Å². The average Bonchev–Trinajstić information content (AvgIpc) is 3.33. The maximum absolute atomic E-state index is 6.04. The normalized spacial score (nSPS) is 34.1. The molecule has 124 valence electrons. The highest BCUT2D eigenvalue weighted by atomic mass is 16.5. The van der Waals surface area contributed by atoms with E-state index in [-0.39, 0.29) is 0 Å². The third-order valence-corrected chi connectivity index (χ3v) is 6.67. The quantitative estimate of drug-likeness (QED) is 0.880. The van der Waals surface area contributed by atoms with Crippen LogP contribution >= 0.6 is 0 Å². The second-order valence-corrected chi connectivity index (χ2v) is 7.51. The summed E-state index contributed by atoms with van der Waals surface area (Å²) in [5, 5.41) is 3.64. The number of para-hydroxylation sites is 1. The first-order valence-corrected chi connectivity index (χ1v) is 9.09. The number of nitrogens with one attached hydrogen (secondary N) is 1. The maximum Gasteiger partial charge on any atom is 0.155 e. The van der Waals surface area contributed by atoms with Crippen molar-refractivity contribution in [2.24, 2.45) is 5.92 Å². The molecule has 1 aromatic heterocycles. The second-order valence-electron chi connectivity index (χ2n) is 7.51. The third-order valence-electron chi connectivity index (χ3n) is 6.67. The molecule has 4 heteroatoms. The number of quaternary nitrogens is 1. The molecule has 2 bridgehead atoms. The maximum atomic E-state index is 6.04. The summed E-state index contributed by atoms with van der Waals surface area (Å²) in [4.78, 5) is 4.53. The van der Waals surface area contributed by atoms with Crippen LogP contribution in [-0.4, -0.2) is 36.7 Å². The number of nitrogens with zero attached hydrogens (tertiary/aromatic N) is 2. The van der Waals surface area contributed by atoms with Crippen LogP contribution in [0.2, 0.25) is 0 Å². The molecule has 0 saturated carbocycles. The number of hydrogen-bond acceptors (Lipinski definition) is 3. The Balaban J connectivity index is 1.52. The fourth-order valence-electron chi connectivity index (χ4n) is 5.59. The average molecular weight is 322 g/mol. The summed E-state index contributed by atoms with van der Waals surface area (Å²) >= 11 is 0. The Hall–Kier alpha value is -1.91. The van der Waals surface area contributed by atoms with Crippen LogP contribution in [0.4, 0.5) is 5.69 Å². The number of rotatable bonds is 3. The van der Waals surface area contributed by atoms with Gasteiger partial charge in [0.2, 0.25) is 0 Å². The zero-order chi connectivity index (χ0) is 16.0. The van der Waals surface area contributed by atoms with Crippen LogP contribution in [0.25, 0.3) is 0 Å². The largest absolute Gasteiger partial charge is 0.456 e. The Morgan fingerprint density at radius 1 is 1.08 bits per heavy atom. The van der Waals surface area contributed by atoms with Gasteiger partial charge in [-0.2, -0.15) is 0 Å². The van der Waals surface area contributed by atoms with E-state index in [0.29, 0.717) is 5.54 Å². The van der Waals surface area contributed by atoms with Crippen molar-refractivity contribution in [3.63, 3.8) is 0 Å². The number of hydrogen-bond donors (Lipinski definition) is 1. The van der Waals surface area contributed by atoms with Crippen LogP contribution in [-0.2, 0) is 0 Å². The Labute approximate surface area is 143 Å². The molecule has 3 saturated heterocycles. The SMILES string of the molecule is c1ccc(Oc2cncc([N+]34CCC(CC3)C43CCNC3)c2)cc1. The van der Waals surface area contributed by atoms with E-state index in [1.807, 2.05) is 36.5 Å². The Kier molecular flexibility index (Phi) is 3.19. The highest BCUT2D eigenvalue weighted by Crippen LogP contribution is 2.55. The van der Waals surface area contributed by atoms with Crippen molar-refractivity contribution in [1.29, 1.82) is 0 Å². The van der Waals surface area contributed by atoms with Crippen LogP contribution in [0, 0.1) is 5.92 Å². The molecule has 0 amide bonds. The van der Waals surface area contributed by atoms with E-state index in [2.05, 4.69) is 22.6 Å². The predicted molar refractivity (Wildman–Crippen MR) is 95.2 cm³/mol. The van der Waals surface area contributed by atoms with Crippen molar-refractivity contribution in [3.8, 4) is 11.5 Å². The van der Waals surface area contributed by atoms with Gasteiger partial charge in [-0.3, -0.25) is 9.47 Å². The van der Waals surface area contributed by atoms with Gasteiger partial charge in [0.25, 0.3) is 0 Å². The van der Waals surface area contributed by atoms with Gasteiger partial charge in [0, 0.05) is 37.8 Å². The molecule has 0 radical (unpaired) electrons. The number of aromatic nitrogens is 1. The molecule has 2 aromatic rings. The van der Waals surface area contributed by atoms with Crippen molar-refractivity contribution in [2.45, 2.75) is 24.8 Å². The lowest BCUT2D eigenvalue weighted by Crippen LogP contribution is -2.61. The molecule has 4 nitrogen and oxygen atoms in total. The molecule has 0 aliphatic carbocycles. The lowest BCUT2D eigenvalue weighted by Gasteiger charge is -2.43. The lowest BCUT2D eigenvalue weighted by atomic mass is 9.84. The number of pyridine rings is 1. The van der Waals surface area contributed by atoms with E-state index in [1.54, 1.807) is 0 Å². The van der Waals surface area contributed by atoms with E-state index < -0.39 is 0 Å². The smallest absolute Gasteiger partial charge is 0.155 e. The minimum atomic E-state index is 0.396. The van der Waals surface area contributed by atoms with Gasteiger partial charge >= 0.3 is 0 Å². The Bertz CT molecular complexity index is 732. The molecule has 3 aliphatic rings. The van der Waals surface area contributed by atoms with Gasteiger partial charge in [-0.1, -0.05) is 18.2 Å². The monoisotopic (exact) mass is 322 g/mol.